The molecular weight excluding hydrogens is 685 g/mol. The van der Waals surface area contributed by atoms with E-state index in [1.54, 1.807) is 0 Å². The number of benzene rings is 8. The summed E-state index contributed by atoms with van der Waals surface area (Å²) in [6.45, 7) is 0. The number of para-hydroxylation sites is 2. The van der Waals surface area contributed by atoms with Crippen molar-refractivity contribution in [3.05, 3.63) is 199 Å². The predicted molar refractivity (Wildman–Crippen MR) is 237 cm³/mol. The number of hydrogen-bond acceptors (Lipinski definition) is 2. The minimum absolute atomic E-state index is 1.01. The minimum Gasteiger partial charge on any atom is -0.310 e. The molecule has 0 radical (unpaired) electrons. The highest BCUT2D eigenvalue weighted by molar-refractivity contribution is 7.25. The van der Waals surface area contributed by atoms with Gasteiger partial charge in [0, 0.05) is 53.7 Å². The topological polar surface area (TPSA) is 8.17 Å². The Hall–Kier alpha value is -6.68. The second kappa shape index (κ2) is 13.0. The number of aromatic nitrogens is 1. The monoisotopic (exact) mass is 720 g/mol. The van der Waals surface area contributed by atoms with Crippen molar-refractivity contribution in [2.45, 2.75) is 12.8 Å². The SMILES string of the molecule is C1=Cc2c(c(-c3cccc(N(c4cccc(-c5ccccc5)c4)c4ccc5sc6ccccc6c5c4)c3)cc3c2c2ccccc2n3-c2ccccc2)CC1. The summed E-state index contributed by atoms with van der Waals surface area (Å²) in [4.78, 5) is 2.44. The zero-order chi connectivity index (χ0) is 36.3. The van der Waals surface area contributed by atoms with Gasteiger partial charge in [-0.15, -0.1) is 11.3 Å². The lowest BCUT2D eigenvalue weighted by molar-refractivity contribution is 0.991. The zero-order valence-corrected chi connectivity index (χ0v) is 31.0. The van der Waals surface area contributed by atoms with E-state index in [0.717, 1.165) is 29.9 Å². The number of fused-ring (bicyclic) bond motifs is 8. The third-order valence-electron chi connectivity index (χ3n) is 11.2. The van der Waals surface area contributed by atoms with Gasteiger partial charge in [0.05, 0.1) is 11.0 Å². The van der Waals surface area contributed by atoms with Gasteiger partial charge in [0.15, 0.2) is 0 Å². The molecule has 0 atom stereocenters. The van der Waals surface area contributed by atoms with E-state index in [2.05, 4.69) is 204 Å². The molecule has 55 heavy (non-hydrogen) atoms. The summed E-state index contributed by atoms with van der Waals surface area (Å²) < 4.78 is 5.07. The molecule has 0 N–H and O–H groups in total. The van der Waals surface area contributed by atoms with Gasteiger partial charge >= 0.3 is 0 Å². The van der Waals surface area contributed by atoms with E-state index in [1.165, 1.54) is 81.0 Å². The van der Waals surface area contributed by atoms with Crippen molar-refractivity contribution in [3.63, 3.8) is 0 Å². The Bertz CT molecular complexity index is 3090. The molecule has 0 aliphatic heterocycles. The van der Waals surface area contributed by atoms with E-state index < -0.39 is 0 Å². The molecule has 0 bridgehead atoms. The van der Waals surface area contributed by atoms with Crippen LogP contribution in [0.25, 0.3) is 76.0 Å². The smallest absolute Gasteiger partial charge is 0.0553 e. The highest BCUT2D eigenvalue weighted by atomic mass is 32.1. The summed E-state index contributed by atoms with van der Waals surface area (Å²) >= 11 is 1.86. The zero-order valence-electron chi connectivity index (χ0n) is 30.2. The fourth-order valence-corrected chi connectivity index (χ4v) is 9.85. The lowest BCUT2D eigenvalue weighted by Gasteiger charge is -2.27. The average molecular weight is 721 g/mol. The molecule has 8 aromatic carbocycles. The number of rotatable bonds is 6. The Labute approximate surface area is 324 Å². The Morgan fingerprint density at radius 2 is 1.13 bits per heavy atom. The molecule has 0 saturated heterocycles. The second-order valence-corrected chi connectivity index (χ2v) is 15.5. The van der Waals surface area contributed by atoms with Gasteiger partial charge in [-0.1, -0.05) is 121 Å². The number of nitrogens with zero attached hydrogens (tertiary/aromatic N) is 2. The van der Waals surface area contributed by atoms with Crippen LogP contribution in [0.5, 0.6) is 0 Å². The predicted octanol–water partition coefficient (Wildman–Crippen LogP) is 14.9. The summed E-state index contributed by atoms with van der Waals surface area (Å²) in [6, 6.07) is 66.7. The van der Waals surface area contributed by atoms with Crippen LogP contribution in [0.3, 0.4) is 0 Å². The molecule has 260 valence electrons. The van der Waals surface area contributed by atoms with Crippen molar-refractivity contribution in [2.24, 2.45) is 0 Å². The van der Waals surface area contributed by atoms with Gasteiger partial charge in [-0.2, -0.15) is 0 Å². The molecular formula is C52H36N2S. The van der Waals surface area contributed by atoms with Crippen LogP contribution in [0.2, 0.25) is 0 Å². The molecule has 2 aromatic heterocycles. The first kappa shape index (κ1) is 31.8. The molecule has 0 fully saturated rings. The summed E-state index contributed by atoms with van der Waals surface area (Å²) in [5, 5.41) is 5.22. The van der Waals surface area contributed by atoms with Crippen LogP contribution in [-0.2, 0) is 6.42 Å². The Balaban J connectivity index is 1.14. The van der Waals surface area contributed by atoms with Crippen LogP contribution >= 0.6 is 11.3 Å². The fourth-order valence-electron chi connectivity index (χ4n) is 8.76. The lowest BCUT2D eigenvalue weighted by atomic mass is 9.86. The van der Waals surface area contributed by atoms with Crippen molar-refractivity contribution >= 4 is 76.5 Å². The van der Waals surface area contributed by atoms with Crippen molar-refractivity contribution in [1.29, 1.82) is 0 Å². The molecule has 0 spiro atoms. The van der Waals surface area contributed by atoms with E-state index in [9.17, 15) is 0 Å². The van der Waals surface area contributed by atoms with Gasteiger partial charge in [0.2, 0.25) is 0 Å². The highest BCUT2D eigenvalue weighted by Gasteiger charge is 2.23. The van der Waals surface area contributed by atoms with Gasteiger partial charge in [-0.25, -0.2) is 0 Å². The molecule has 0 amide bonds. The van der Waals surface area contributed by atoms with Gasteiger partial charge in [-0.05, 0) is 119 Å². The van der Waals surface area contributed by atoms with Crippen LogP contribution < -0.4 is 4.90 Å². The quantitative estimate of drug-likeness (QED) is 0.166. The van der Waals surface area contributed by atoms with E-state index in [4.69, 9.17) is 0 Å². The molecule has 0 unspecified atom stereocenters. The van der Waals surface area contributed by atoms with E-state index in [1.807, 2.05) is 11.3 Å². The highest BCUT2D eigenvalue weighted by Crippen LogP contribution is 2.45. The van der Waals surface area contributed by atoms with Gasteiger partial charge < -0.3 is 9.47 Å². The normalized spacial score (nSPS) is 12.5. The third kappa shape index (κ3) is 5.31. The Kier molecular flexibility index (Phi) is 7.53. The van der Waals surface area contributed by atoms with Crippen LogP contribution in [0.15, 0.2) is 188 Å². The van der Waals surface area contributed by atoms with Crippen LogP contribution in [-0.4, -0.2) is 4.57 Å². The molecule has 3 heteroatoms. The van der Waals surface area contributed by atoms with E-state index >= 15 is 0 Å². The molecule has 0 saturated carbocycles. The summed E-state index contributed by atoms with van der Waals surface area (Å²) in [5.74, 6) is 0. The van der Waals surface area contributed by atoms with E-state index in [-0.39, 0.29) is 0 Å². The summed E-state index contributed by atoms with van der Waals surface area (Å²) in [6.07, 6.45) is 6.77. The van der Waals surface area contributed by atoms with Crippen LogP contribution in [0.4, 0.5) is 17.1 Å². The second-order valence-electron chi connectivity index (χ2n) is 14.4. The fraction of sp³-hybridized carbons (Fsp3) is 0.0385. The molecule has 11 rings (SSSR count). The Morgan fingerprint density at radius 1 is 0.473 bits per heavy atom. The molecule has 2 heterocycles. The largest absolute Gasteiger partial charge is 0.310 e. The van der Waals surface area contributed by atoms with Gasteiger partial charge in [-0.3, -0.25) is 0 Å². The number of thiophene rings is 1. The van der Waals surface area contributed by atoms with Gasteiger partial charge in [0.25, 0.3) is 0 Å². The number of hydrogen-bond donors (Lipinski definition) is 0. The average Bonchev–Trinajstić information content (AvgIpc) is 3.80. The third-order valence-corrected chi connectivity index (χ3v) is 12.4. The summed E-state index contributed by atoms with van der Waals surface area (Å²) in [7, 11) is 0. The number of allylic oxidation sites excluding steroid dienone is 1. The van der Waals surface area contributed by atoms with Crippen LogP contribution in [0.1, 0.15) is 17.5 Å². The maximum absolute atomic E-state index is 2.46. The first-order valence-electron chi connectivity index (χ1n) is 19.1. The molecule has 2 nitrogen and oxygen atoms in total. The van der Waals surface area contributed by atoms with Crippen molar-refractivity contribution in [1.82, 2.24) is 4.57 Å². The number of anilines is 3. The molecule has 1 aliphatic carbocycles. The Morgan fingerprint density at radius 3 is 1.96 bits per heavy atom. The summed E-state index contributed by atoms with van der Waals surface area (Å²) in [5.41, 5.74) is 14.7. The first-order valence-corrected chi connectivity index (χ1v) is 19.9. The first-order chi connectivity index (χ1) is 27.3. The lowest BCUT2D eigenvalue weighted by Crippen LogP contribution is -2.10. The van der Waals surface area contributed by atoms with Gasteiger partial charge in [0.1, 0.15) is 0 Å². The van der Waals surface area contributed by atoms with E-state index in [0.29, 0.717) is 0 Å². The minimum atomic E-state index is 1.01. The molecule has 10 aromatic rings. The van der Waals surface area contributed by atoms with Crippen molar-refractivity contribution in [2.75, 3.05) is 4.90 Å². The van der Waals surface area contributed by atoms with Crippen molar-refractivity contribution < 1.29 is 0 Å². The maximum Gasteiger partial charge on any atom is 0.0553 e. The standard InChI is InChI=1S/C52H36N2S/c1-3-15-35(16-4-1)36-17-13-21-39(31-36)53(41-29-30-51-47(33-41)43-24-10-12-28-50(43)55-51)40-22-14-18-37(32-40)46-34-49-52(44-25-8-7-23-42(44)46)45-26-9-11-27-48(45)54(49)38-19-5-2-6-20-38/h1-6,8-22,24-34H,7,23H2. The molecule has 1 aliphatic rings. The van der Waals surface area contributed by atoms with Crippen molar-refractivity contribution in [3.8, 4) is 27.9 Å². The maximum atomic E-state index is 2.46. The van der Waals surface area contributed by atoms with Crippen LogP contribution in [0, 0.1) is 0 Å².